The Bertz CT molecular complexity index is 326. The average Bonchev–Trinajstić information content (AvgIpc) is 2.67. The summed E-state index contributed by atoms with van der Waals surface area (Å²) in [7, 11) is 0. The molecule has 2 heterocycles. The highest BCUT2D eigenvalue weighted by molar-refractivity contribution is 7.12. The molecular formula is C11H16N2OS. The molecule has 0 saturated carbocycles. The summed E-state index contributed by atoms with van der Waals surface area (Å²) in [6.45, 7) is 3.68. The molecule has 1 aliphatic heterocycles. The van der Waals surface area contributed by atoms with E-state index in [1.165, 1.54) is 11.3 Å². The van der Waals surface area contributed by atoms with Crippen molar-refractivity contribution < 1.29 is 4.79 Å². The zero-order chi connectivity index (χ0) is 10.8. The van der Waals surface area contributed by atoms with Crippen molar-refractivity contribution in [1.29, 1.82) is 0 Å². The predicted molar refractivity (Wildman–Crippen MR) is 62.0 cm³/mol. The SMILES string of the molecule is CC1CC(N)CN(C(=O)c2cccs2)C1. The Kier molecular flexibility index (Phi) is 3.07. The molecule has 82 valence electrons. The molecule has 0 bridgehead atoms. The first-order chi connectivity index (χ1) is 7.16. The number of hydrogen-bond acceptors (Lipinski definition) is 3. The first-order valence-electron chi connectivity index (χ1n) is 5.25. The van der Waals surface area contributed by atoms with E-state index in [4.69, 9.17) is 5.73 Å². The maximum absolute atomic E-state index is 12.0. The topological polar surface area (TPSA) is 46.3 Å². The predicted octanol–water partition coefficient (Wildman–Crippen LogP) is 1.56. The molecule has 0 radical (unpaired) electrons. The van der Waals surface area contributed by atoms with Gasteiger partial charge in [-0.3, -0.25) is 4.79 Å². The number of rotatable bonds is 1. The summed E-state index contributed by atoms with van der Waals surface area (Å²) in [5.41, 5.74) is 5.92. The molecule has 1 fully saturated rings. The van der Waals surface area contributed by atoms with Crippen molar-refractivity contribution >= 4 is 17.2 Å². The molecule has 0 aliphatic carbocycles. The highest BCUT2D eigenvalue weighted by Crippen LogP contribution is 2.19. The minimum atomic E-state index is 0.131. The van der Waals surface area contributed by atoms with Crippen molar-refractivity contribution in [2.24, 2.45) is 11.7 Å². The van der Waals surface area contributed by atoms with Crippen molar-refractivity contribution in [2.45, 2.75) is 19.4 Å². The van der Waals surface area contributed by atoms with Crippen LogP contribution in [0.3, 0.4) is 0 Å². The van der Waals surface area contributed by atoms with Gasteiger partial charge in [0.2, 0.25) is 0 Å². The average molecular weight is 224 g/mol. The number of carbonyl (C=O) groups is 1. The van der Waals surface area contributed by atoms with Crippen LogP contribution < -0.4 is 5.73 Å². The Morgan fingerprint density at radius 2 is 2.40 bits per heavy atom. The molecule has 1 saturated heterocycles. The third kappa shape index (κ3) is 2.38. The standard InChI is InChI=1S/C11H16N2OS/c1-8-5-9(12)7-13(6-8)11(14)10-3-2-4-15-10/h2-4,8-9H,5-7,12H2,1H3. The molecule has 1 aromatic rings. The maximum Gasteiger partial charge on any atom is 0.263 e. The molecule has 0 spiro atoms. The molecule has 4 heteroatoms. The van der Waals surface area contributed by atoms with Gasteiger partial charge in [0, 0.05) is 19.1 Å². The van der Waals surface area contributed by atoms with Crippen LogP contribution in [0.4, 0.5) is 0 Å². The summed E-state index contributed by atoms with van der Waals surface area (Å²) in [5.74, 6) is 0.643. The number of nitrogens with two attached hydrogens (primary N) is 1. The minimum Gasteiger partial charge on any atom is -0.336 e. The first-order valence-corrected chi connectivity index (χ1v) is 6.13. The van der Waals surface area contributed by atoms with E-state index in [1.807, 2.05) is 22.4 Å². The van der Waals surface area contributed by atoms with Crippen molar-refractivity contribution in [2.75, 3.05) is 13.1 Å². The van der Waals surface area contributed by atoms with Crippen molar-refractivity contribution in [1.82, 2.24) is 4.90 Å². The van der Waals surface area contributed by atoms with Crippen molar-refractivity contribution in [3.63, 3.8) is 0 Å². The Labute approximate surface area is 93.9 Å². The molecule has 3 nitrogen and oxygen atoms in total. The van der Waals surface area contributed by atoms with Crippen molar-refractivity contribution in [3.05, 3.63) is 22.4 Å². The fraction of sp³-hybridized carbons (Fsp3) is 0.545. The van der Waals surface area contributed by atoms with Gasteiger partial charge in [-0.25, -0.2) is 0 Å². The van der Waals surface area contributed by atoms with E-state index in [-0.39, 0.29) is 11.9 Å². The molecule has 2 rings (SSSR count). The fourth-order valence-corrected chi connectivity index (χ4v) is 2.81. The van der Waals surface area contributed by atoms with E-state index in [9.17, 15) is 4.79 Å². The largest absolute Gasteiger partial charge is 0.336 e. The fourth-order valence-electron chi connectivity index (χ4n) is 2.12. The number of nitrogens with zero attached hydrogens (tertiary/aromatic N) is 1. The van der Waals surface area contributed by atoms with Crippen LogP contribution in [0.5, 0.6) is 0 Å². The Hall–Kier alpha value is -0.870. The maximum atomic E-state index is 12.0. The highest BCUT2D eigenvalue weighted by atomic mass is 32.1. The number of carbonyl (C=O) groups excluding carboxylic acids is 1. The summed E-state index contributed by atoms with van der Waals surface area (Å²) in [6, 6.07) is 3.92. The zero-order valence-electron chi connectivity index (χ0n) is 8.85. The number of thiophene rings is 1. The van der Waals surface area contributed by atoms with Crippen LogP contribution in [0, 0.1) is 5.92 Å². The second-order valence-corrected chi connectivity index (χ2v) is 5.24. The van der Waals surface area contributed by atoms with Crippen LogP contribution >= 0.6 is 11.3 Å². The van der Waals surface area contributed by atoms with Gasteiger partial charge in [0.1, 0.15) is 0 Å². The molecule has 0 aromatic carbocycles. The van der Waals surface area contributed by atoms with E-state index in [1.54, 1.807) is 0 Å². The van der Waals surface area contributed by atoms with Gasteiger partial charge in [-0.1, -0.05) is 13.0 Å². The molecule has 1 amide bonds. The summed E-state index contributed by atoms with van der Waals surface area (Å²) >= 11 is 1.50. The highest BCUT2D eigenvalue weighted by Gasteiger charge is 2.26. The lowest BCUT2D eigenvalue weighted by Crippen LogP contribution is -2.48. The van der Waals surface area contributed by atoms with Gasteiger partial charge < -0.3 is 10.6 Å². The smallest absolute Gasteiger partial charge is 0.263 e. The van der Waals surface area contributed by atoms with E-state index in [0.717, 1.165) is 17.8 Å². The van der Waals surface area contributed by atoms with Crippen LogP contribution in [0.2, 0.25) is 0 Å². The van der Waals surface area contributed by atoms with Crippen LogP contribution in [0.15, 0.2) is 17.5 Å². The normalized spacial score (nSPS) is 26.7. The lowest BCUT2D eigenvalue weighted by Gasteiger charge is -2.34. The van der Waals surface area contributed by atoms with Gasteiger partial charge in [0.25, 0.3) is 5.91 Å². The number of piperidine rings is 1. The third-order valence-corrected chi connectivity index (χ3v) is 3.57. The number of hydrogen-bond donors (Lipinski definition) is 1. The monoisotopic (exact) mass is 224 g/mol. The summed E-state index contributed by atoms with van der Waals surface area (Å²) < 4.78 is 0. The van der Waals surface area contributed by atoms with Gasteiger partial charge >= 0.3 is 0 Å². The van der Waals surface area contributed by atoms with Crippen LogP contribution in [-0.4, -0.2) is 29.9 Å². The van der Waals surface area contributed by atoms with Crippen LogP contribution in [0.1, 0.15) is 23.0 Å². The Morgan fingerprint density at radius 1 is 1.60 bits per heavy atom. The third-order valence-electron chi connectivity index (χ3n) is 2.71. The molecule has 2 atom stereocenters. The van der Waals surface area contributed by atoms with E-state index >= 15 is 0 Å². The summed E-state index contributed by atoms with van der Waals surface area (Å²) in [4.78, 5) is 14.7. The molecular weight excluding hydrogens is 208 g/mol. The zero-order valence-corrected chi connectivity index (χ0v) is 9.67. The lowest BCUT2D eigenvalue weighted by atomic mass is 9.96. The second kappa shape index (κ2) is 4.33. The van der Waals surface area contributed by atoms with Gasteiger partial charge in [-0.05, 0) is 23.8 Å². The molecule has 15 heavy (non-hydrogen) atoms. The second-order valence-electron chi connectivity index (χ2n) is 4.29. The summed E-state index contributed by atoms with van der Waals surface area (Å²) in [6.07, 6.45) is 1.02. The van der Waals surface area contributed by atoms with Gasteiger partial charge in [0.15, 0.2) is 0 Å². The van der Waals surface area contributed by atoms with Crippen molar-refractivity contribution in [3.8, 4) is 0 Å². The molecule has 2 unspecified atom stereocenters. The van der Waals surface area contributed by atoms with Gasteiger partial charge in [-0.2, -0.15) is 0 Å². The molecule has 1 aromatic heterocycles. The number of amides is 1. The first kappa shape index (κ1) is 10.6. The van der Waals surface area contributed by atoms with Gasteiger partial charge in [0.05, 0.1) is 4.88 Å². The minimum absolute atomic E-state index is 0.131. The molecule has 1 aliphatic rings. The Balaban J connectivity index is 2.07. The van der Waals surface area contributed by atoms with E-state index < -0.39 is 0 Å². The molecule has 2 N–H and O–H groups in total. The summed E-state index contributed by atoms with van der Waals surface area (Å²) in [5, 5.41) is 1.93. The number of likely N-dealkylation sites (tertiary alicyclic amines) is 1. The lowest BCUT2D eigenvalue weighted by molar-refractivity contribution is 0.0666. The Morgan fingerprint density at radius 3 is 3.00 bits per heavy atom. The van der Waals surface area contributed by atoms with E-state index in [0.29, 0.717) is 12.5 Å². The van der Waals surface area contributed by atoms with Crippen LogP contribution in [0.25, 0.3) is 0 Å². The van der Waals surface area contributed by atoms with Crippen LogP contribution in [-0.2, 0) is 0 Å². The van der Waals surface area contributed by atoms with E-state index in [2.05, 4.69) is 6.92 Å². The quantitative estimate of drug-likeness (QED) is 0.787. The van der Waals surface area contributed by atoms with Gasteiger partial charge in [-0.15, -0.1) is 11.3 Å².